The van der Waals surface area contributed by atoms with Gasteiger partial charge in [0.1, 0.15) is 5.60 Å². The van der Waals surface area contributed by atoms with Crippen molar-refractivity contribution in [2.24, 2.45) is 5.92 Å². The Morgan fingerprint density at radius 2 is 1.65 bits per heavy atom. The average Bonchev–Trinajstić information content (AvgIpc) is 3.08. The van der Waals surface area contributed by atoms with Gasteiger partial charge in [-0.1, -0.05) is 54.6 Å². The van der Waals surface area contributed by atoms with Crippen LogP contribution in [0.15, 0.2) is 66.7 Å². The molecule has 5 heteroatoms. The van der Waals surface area contributed by atoms with Gasteiger partial charge in [0.2, 0.25) is 5.91 Å². The van der Waals surface area contributed by atoms with Crippen molar-refractivity contribution in [1.82, 2.24) is 5.32 Å². The van der Waals surface area contributed by atoms with E-state index in [1.54, 1.807) is 12.1 Å². The van der Waals surface area contributed by atoms with Gasteiger partial charge in [-0.2, -0.15) is 0 Å². The van der Waals surface area contributed by atoms with Gasteiger partial charge in [0.05, 0.1) is 12.1 Å². The van der Waals surface area contributed by atoms with Gasteiger partial charge in [-0.05, 0) is 48.6 Å². The molecule has 0 aromatic heterocycles. The zero-order chi connectivity index (χ0) is 21.4. The Labute approximate surface area is 180 Å². The summed E-state index contributed by atoms with van der Waals surface area (Å²) in [6.45, 7) is -0.0172. The summed E-state index contributed by atoms with van der Waals surface area (Å²) < 4.78 is 5.75. The largest absolute Gasteiger partial charge is 0.451 e. The first kappa shape index (κ1) is 19.5. The number of esters is 1. The van der Waals surface area contributed by atoms with Crippen LogP contribution in [-0.4, -0.2) is 24.2 Å². The van der Waals surface area contributed by atoms with E-state index in [-0.39, 0.29) is 30.1 Å². The zero-order valence-corrected chi connectivity index (χ0v) is 17.1. The number of ketones is 1. The number of amides is 1. The van der Waals surface area contributed by atoms with Crippen molar-refractivity contribution >= 4 is 28.4 Å². The van der Waals surface area contributed by atoms with Gasteiger partial charge in [0.15, 0.2) is 5.78 Å². The van der Waals surface area contributed by atoms with E-state index in [1.165, 1.54) is 0 Å². The Bertz CT molecular complexity index is 1190. The van der Waals surface area contributed by atoms with Crippen molar-refractivity contribution in [3.8, 4) is 0 Å². The van der Waals surface area contributed by atoms with Crippen LogP contribution >= 0.6 is 0 Å². The first-order valence-corrected chi connectivity index (χ1v) is 10.7. The molecule has 0 radical (unpaired) electrons. The molecule has 2 aliphatic rings. The van der Waals surface area contributed by atoms with Crippen LogP contribution < -0.4 is 5.32 Å². The lowest BCUT2D eigenvalue weighted by molar-refractivity contribution is -0.127. The van der Waals surface area contributed by atoms with Gasteiger partial charge in [0, 0.05) is 17.0 Å². The number of Topliss-reactive ketones (excluding diaryl/α,β-unsaturated/α-hetero) is 1. The lowest BCUT2D eigenvalue weighted by Gasteiger charge is -2.36. The highest BCUT2D eigenvalue weighted by Gasteiger charge is 2.48. The molecule has 31 heavy (non-hydrogen) atoms. The molecule has 3 aromatic rings. The zero-order valence-electron chi connectivity index (χ0n) is 17.1. The minimum Gasteiger partial charge on any atom is -0.451 e. The molecule has 0 saturated heterocycles. The second-order valence-electron chi connectivity index (χ2n) is 8.41. The van der Waals surface area contributed by atoms with Gasteiger partial charge in [-0.3, -0.25) is 9.59 Å². The Balaban J connectivity index is 1.19. The molecule has 1 saturated carbocycles. The predicted molar refractivity (Wildman–Crippen MR) is 117 cm³/mol. The smallest absolute Gasteiger partial charge is 0.339 e. The van der Waals surface area contributed by atoms with E-state index in [0.717, 1.165) is 16.3 Å². The summed E-state index contributed by atoms with van der Waals surface area (Å²) in [6, 6.07) is 20.9. The number of fused-ring (bicyclic) bond motifs is 3. The second-order valence-corrected chi connectivity index (χ2v) is 8.41. The Morgan fingerprint density at radius 1 is 0.935 bits per heavy atom. The van der Waals surface area contributed by atoms with Crippen molar-refractivity contribution in [3.05, 3.63) is 83.4 Å². The molecule has 0 bridgehead atoms. The quantitative estimate of drug-likeness (QED) is 0.508. The second kappa shape index (κ2) is 7.65. The van der Waals surface area contributed by atoms with Crippen molar-refractivity contribution < 1.29 is 19.1 Å². The molecule has 0 unspecified atom stereocenters. The lowest BCUT2D eigenvalue weighted by Crippen LogP contribution is -2.40. The molecule has 1 spiro atoms. The molecule has 5 rings (SSSR count). The SMILES string of the molecule is O=C(CNC(=O)[C@H]1CC[C@@]2(CC1)OC(=O)c1ccccc12)c1ccc2ccccc2c1. The van der Waals surface area contributed by atoms with E-state index in [0.29, 0.717) is 36.8 Å². The fraction of sp³-hybridized carbons (Fsp3) is 0.269. The standard InChI is InChI=1S/C26H23NO4/c28-23(20-10-9-17-5-1-2-6-19(17)15-20)16-27-24(29)18-11-13-26(14-12-18)22-8-4-3-7-21(22)25(30)31-26/h1-10,15,18H,11-14,16H2,(H,27,29)/t18-,26-. The molecule has 1 N–H and O–H groups in total. The van der Waals surface area contributed by atoms with E-state index in [9.17, 15) is 14.4 Å². The van der Waals surface area contributed by atoms with Gasteiger partial charge < -0.3 is 10.1 Å². The first-order valence-electron chi connectivity index (χ1n) is 10.7. The van der Waals surface area contributed by atoms with Gasteiger partial charge >= 0.3 is 5.97 Å². The third-order valence-electron chi connectivity index (χ3n) is 6.58. The molecular weight excluding hydrogens is 390 g/mol. The summed E-state index contributed by atoms with van der Waals surface area (Å²) in [5.41, 5.74) is 1.55. The molecule has 0 atom stereocenters. The molecule has 1 fully saturated rings. The lowest BCUT2D eigenvalue weighted by atomic mass is 9.74. The minimum absolute atomic E-state index is 0.0172. The predicted octanol–water partition coefficient (Wildman–Crippen LogP) is 4.39. The Morgan fingerprint density at radius 3 is 2.45 bits per heavy atom. The van der Waals surface area contributed by atoms with Crippen LogP contribution in [-0.2, 0) is 15.1 Å². The molecule has 3 aromatic carbocycles. The number of hydrogen-bond donors (Lipinski definition) is 1. The Hall–Kier alpha value is -3.47. The maximum atomic E-state index is 12.7. The van der Waals surface area contributed by atoms with Crippen LogP contribution in [0.5, 0.6) is 0 Å². The van der Waals surface area contributed by atoms with Gasteiger partial charge in [-0.25, -0.2) is 4.79 Å². The van der Waals surface area contributed by atoms with Crippen LogP contribution in [0.1, 0.15) is 52.0 Å². The number of nitrogens with one attached hydrogen (secondary N) is 1. The minimum atomic E-state index is -0.606. The highest BCUT2D eigenvalue weighted by Crippen LogP contribution is 2.48. The van der Waals surface area contributed by atoms with Crippen LogP contribution in [0, 0.1) is 5.92 Å². The molecule has 1 aliphatic heterocycles. The number of ether oxygens (including phenoxy) is 1. The van der Waals surface area contributed by atoms with E-state index < -0.39 is 5.60 Å². The van der Waals surface area contributed by atoms with Crippen molar-refractivity contribution in [2.75, 3.05) is 6.54 Å². The molecular formula is C26H23NO4. The topological polar surface area (TPSA) is 72.5 Å². The molecule has 5 nitrogen and oxygen atoms in total. The number of carbonyl (C=O) groups is 3. The summed E-state index contributed by atoms with van der Waals surface area (Å²) in [5, 5.41) is 4.89. The summed E-state index contributed by atoms with van der Waals surface area (Å²) >= 11 is 0. The Kier molecular flexibility index (Phi) is 4.81. The van der Waals surface area contributed by atoms with Crippen LogP contribution in [0.4, 0.5) is 0 Å². The fourth-order valence-electron chi connectivity index (χ4n) is 4.84. The van der Waals surface area contributed by atoms with Crippen LogP contribution in [0.3, 0.4) is 0 Å². The van der Waals surface area contributed by atoms with E-state index in [1.807, 2.05) is 54.6 Å². The van der Waals surface area contributed by atoms with E-state index in [4.69, 9.17) is 4.74 Å². The van der Waals surface area contributed by atoms with Crippen LogP contribution in [0.25, 0.3) is 10.8 Å². The maximum absolute atomic E-state index is 12.7. The molecule has 1 heterocycles. The number of carbonyl (C=O) groups excluding carboxylic acids is 3. The van der Waals surface area contributed by atoms with Gasteiger partial charge in [-0.15, -0.1) is 0 Å². The summed E-state index contributed by atoms with van der Waals surface area (Å²) in [6.07, 6.45) is 2.48. The maximum Gasteiger partial charge on any atom is 0.339 e. The van der Waals surface area contributed by atoms with Crippen molar-refractivity contribution in [2.45, 2.75) is 31.3 Å². The number of rotatable bonds is 4. The van der Waals surface area contributed by atoms with Crippen LogP contribution in [0.2, 0.25) is 0 Å². The highest BCUT2D eigenvalue weighted by atomic mass is 16.6. The summed E-state index contributed by atoms with van der Waals surface area (Å²) in [5.74, 6) is -0.674. The third kappa shape index (κ3) is 3.50. The van der Waals surface area contributed by atoms with E-state index in [2.05, 4.69) is 5.32 Å². The van der Waals surface area contributed by atoms with Crippen molar-refractivity contribution in [1.29, 1.82) is 0 Å². The van der Waals surface area contributed by atoms with Gasteiger partial charge in [0.25, 0.3) is 0 Å². The first-order chi connectivity index (χ1) is 15.1. The molecule has 156 valence electrons. The monoisotopic (exact) mass is 413 g/mol. The number of hydrogen-bond acceptors (Lipinski definition) is 4. The number of benzene rings is 3. The molecule has 1 aliphatic carbocycles. The van der Waals surface area contributed by atoms with E-state index >= 15 is 0 Å². The average molecular weight is 413 g/mol. The summed E-state index contributed by atoms with van der Waals surface area (Å²) in [4.78, 5) is 37.5. The molecule has 1 amide bonds. The third-order valence-corrected chi connectivity index (χ3v) is 6.58. The highest BCUT2D eigenvalue weighted by molar-refractivity contribution is 6.02. The summed E-state index contributed by atoms with van der Waals surface area (Å²) in [7, 11) is 0. The normalized spacial score (nSPS) is 22.2. The van der Waals surface area contributed by atoms with Crippen molar-refractivity contribution in [3.63, 3.8) is 0 Å². The fourth-order valence-corrected chi connectivity index (χ4v) is 4.84.